The first-order valence-electron chi connectivity index (χ1n) is 4.99. The molecule has 3 rings (SSSR count). The SMILES string of the molecule is Nc1ccc(-c2ccc3cn[nH]c3n2)cc1. The minimum absolute atomic E-state index is 0.756. The van der Waals surface area contributed by atoms with Gasteiger partial charge >= 0.3 is 0 Å². The van der Waals surface area contributed by atoms with Crippen molar-refractivity contribution in [2.45, 2.75) is 0 Å². The molecule has 4 heteroatoms. The topological polar surface area (TPSA) is 67.6 Å². The van der Waals surface area contributed by atoms with E-state index in [1.165, 1.54) is 0 Å². The van der Waals surface area contributed by atoms with Crippen LogP contribution < -0.4 is 5.73 Å². The number of fused-ring (bicyclic) bond motifs is 1. The van der Waals surface area contributed by atoms with Gasteiger partial charge in [0.15, 0.2) is 5.65 Å². The zero-order chi connectivity index (χ0) is 11.0. The second-order valence-electron chi connectivity index (χ2n) is 3.63. The molecule has 0 aliphatic heterocycles. The lowest BCUT2D eigenvalue weighted by Gasteiger charge is -2.01. The summed E-state index contributed by atoms with van der Waals surface area (Å²) in [5.74, 6) is 0. The van der Waals surface area contributed by atoms with E-state index in [1.807, 2.05) is 36.4 Å². The van der Waals surface area contributed by atoms with Gasteiger partial charge in [0, 0.05) is 16.6 Å². The minimum atomic E-state index is 0.756. The lowest BCUT2D eigenvalue weighted by molar-refractivity contribution is 1.10. The molecule has 0 aliphatic rings. The van der Waals surface area contributed by atoms with Gasteiger partial charge in [0.05, 0.1) is 11.9 Å². The molecule has 4 nitrogen and oxygen atoms in total. The highest BCUT2D eigenvalue weighted by atomic mass is 15.1. The molecule has 16 heavy (non-hydrogen) atoms. The number of aromatic amines is 1. The fourth-order valence-corrected chi connectivity index (χ4v) is 1.64. The Balaban J connectivity index is 2.14. The number of H-pyrrole nitrogens is 1. The Labute approximate surface area is 92.1 Å². The molecule has 0 atom stereocenters. The van der Waals surface area contributed by atoms with Crippen molar-refractivity contribution in [1.29, 1.82) is 0 Å². The zero-order valence-electron chi connectivity index (χ0n) is 8.51. The van der Waals surface area contributed by atoms with E-state index >= 15 is 0 Å². The summed E-state index contributed by atoms with van der Waals surface area (Å²) in [6.45, 7) is 0. The molecule has 78 valence electrons. The maximum absolute atomic E-state index is 5.64. The summed E-state index contributed by atoms with van der Waals surface area (Å²) in [7, 11) is 0. The van der Waals surface area contributed by atoms with Gasteiger partial charge in [-0.05, 0) is 24.3 Å². The number of nitrogen functional groups attached to an aromatic ring is 1. The standard InChI is InChI=1S/C12H10N4/c13-10-4-1-8(2-5-10)11-6-3-9-7-14-16-12(9)15-11/h1-7H,13H2,(H,14,15,16). The predicted octanol–water partition coefficient (Wildman–Crippen LogP) is 2.21. The first-order valence-corrected chi connectivity index (χ1v) is 4.99. The number of anilines is 1. The van der Waals surface area contributed by atoms with E-state index in [2.05, 4.69) is 15.2 Å². The van der Waals surface area contributed by atoms with Gasteiger partial charge in [-0.1, -0.05) is 12.1 Å². The van der Waals surface area contributed by atoms with Crippen LogP contribution in [0.1, 0.15) is 0 Å². The van der Waals surface area contributed by atoms with Crippen LogP contribution in [0.4, 0.5) is 5.69 Å². The van der Waals surface area contributed by atoms with Gasteiger partial charge in [-0.3, -0.25) is 5.10 Å². The van der Waals surface area contributed by atoms with Crippen LogP contribution in [0, 0.1) is 0 Å². The molecular weight excluding hydrogens is 200 g/mol. The molecule has 0 amide bonds. The average molecular weight is 210 g/mol. The molecule has 2 aromatic heterocycles. The van der Waals surface area contributed by atoms with Gasteiger partial charge in [0.2, 0.25) is 0 Å². The first-order chi connectivity index (χ1) is 7.83. The Morgan fingerprint density at radius 2 is 1.81 bits per heavy atom. The number of nitrogens with one attached hydrogen (secondary N) is 1. The highest BCUT2D eigenvalue weighted by Gasteiger charge is 2.02. The largest absolute Gasteiger partial charge is 0.399 e. The number of aromatic nitrogens is 3. The Morgan fingerprint density at radius 1 is 1.00 bits per heavy atom. The summed E-state index contributed by atoms with van der Waals surface area (Å²) in [5.41, 5.74) is 9.16. The van der Waals surface area contributed by atoms with E-state index in [1.54, 1.807) is 6.20 Å². The fourth-order valence-electron chi connectivity index (χ4n) is 1.64. The fraction of sp³-hybridized carbons (Fsp3) is 0. The number of benzene rings is 1. The molecule has 0 spiro atoms. The Bertz CT molecular complexity index is 625. The number of rotatable bonds is 1. The Morgan fingerprint density at radius 3 is 2.62 bits per heavy atom. The highest BCUT2D eigenvalue weighted by Crippen LogP contribution is 2.20. The third-order valence-electron chi connectivity index (χ3n) is 2.51. The van der Waals surface area contributed by atoms with Crippen LogP contribution in [0.5, 0.6) is 0 Å². The van der Waals surface area contributed by atoms with Crippen molar-refractivity contribution in [3.8, 4) is 11.3 Å². The monoisotopic (exact) mass is 210 g/mol. The van der Waals surface area contributed by atoms with Crippen LogP contribution in [0.25, 0.3) is 22.3 Å². The van der Waals surface area contributed by atoms with Crippen LogP contribution in [-0.2, 0) is 0 Å². The second kappa shape index (κ2) is 3.34. The molecule has 0 saturated heterocycles. The number of hydrogen-bond donors (Lipinski definition) is 2. The van der Waals surface area contributed by atoms with Crippen molar-refractivity contribution in [3.63, 3.8) is 0 Å². The van der Waals surface area contributed by atoms with Crippen molar-refractivity contribution in [2.75, 3.05) is 5.73 Å². The van der Waals surface area contributed by atoms with E-state index in [9.17, 15) is 0 Å². The molecule has 0 bridgehead atoms. The molecule has 0 radical (unpaired) electrons. The van der Waals surface area contributed by atoms with Crippen molar-refractivity contribution in [1.82, 2.24) is 15.2 Å². The summed E-state index contributed by atoms with van der Waals surface area (Å²) in [6, 6.07) is 11.6. The summed E-state index contributed by atoms with van der Waals surface area (Å²) >= 11 is 0. The Kier molecular flexibility index (Phi) is 1.86. The maximum atomic E-state index is 5.64. The van der Waals surface area contributed by atoms with Crippen molar-refractivity contribution in [2.24, 2.45) is 0 Å². The van der Waals surface area contributed by atoms with Gasteiger partial charge in [-0.15, -0.1) is 0 Å². The van der Waals surface area contributed by atoms with Crippen LogP contribution in [-0.4, -0.2) is 15.2 Å². The first kappa shape index (κ1) is 8.91. The lowest BCUT2D eigenvalue weighted by Crippen LogP contribution is -1.86. The molecule has 1 aromatic carbocycles. The van der Waals surface area contributed by atoms with Gasteiger partial charge in [-0.25, -0.2) is 4.98 Å². The van der Waals surface area contributed by atoms with Gasteiger partial charge in [-0.2, -0.15) is 5.10 Å². The quantitative estimate of drug-likeness (QED) is 0.605. The third-order valence-corrected chi connectivity index (χ3v) is 2.51. The summed E-state index contributed by atoms with van der Waals surface area (Å²) in [5, 5.41) is 7.81. The maximum Gasteiger partial charge on any atom is 0.155 e. The van der Waals surface area contributed by atoms with E-state index in [0.717, 1.165) is 28.0 Å². The highest BCUT2D eigenvalue weighted by molar-refractivity contribution is 5.77. The summed E-state index contributed by atoms with van der Waals surface area (Å²) < 4.78 is 0. The van der Waals surface area contributed by atoms with E-state index < -0.39 is 0 Å². The van der Waals surface area contributed by atoms with Crippen LogP contribution in [0.15, 0.2) is 42.6 Å². The molecular formula is C12H10N4. The van der Waals surface area contributed by atoms with Crippen molar-refractivity contribution >= 4 is 16.7 Å². The van der Waals surface area contributed by atoms with Crippen LogP contribution >= 0.6 is 0 Å². The van der Waals surface area contributed by atoms with Gasteiger partial charge < -0.3 is 5.73 Å². The number of pyridine rings is 1. The van der Waals surface area contributed by atoms with Crippen LogP contribution in [0.2, 0.25) is 0 Å². The molecule has 0 unspecified atom stereocenters. The van der Waals surface area contributed by atoms with Crippen molar-refractivity contribution in [3.05, 3.63) is 42.6 Å². The second-order valence-corrected chi connectivity index (χ2v) is 3.63. The normalized spacial score (nSPS) is 10.8. The Hall–Kier alpha value is -2.36. The molecule has 2 heterocycles. The zero-order valence-corrected chi connectivity index (χ0v) is 8.51. The molecule has 0 saturated carbocycles. The number of nitrogens with zero attached hydrogens (tertiary/aromatic N) is 2. The minimum Gasteiger partial charge on any atom is -0.399 e. The number of nitrogens with two attached hydrogens (primary N) is 1. The van der Waals surface area contributed by atoms with Gasteiger partial charge in [0.1, 0.15) is 0 Å². The number of hydrogen-bond acceptors (Lipinski definition) is 3. The predicted molar refractivity (Wildman–Crippen MR) is 63.7 cm³/mol. The summed E-state index contributed by atoms with van der Waals surface area (Å²) in [4.78, 5) is 4.48. The molecule has 3 N–H and O–H groups in total. The van der Waals surface area contributed by atoms with E-state index in [0.29, 0.717) is 0 Å². The van der Waals surface area contributed by atoms with Crippen molar-refractivity contribution < 1.29 is 0 Å². The third kappa shape index (κ3) is 1.40. The molecule has 0 aliphatic carbocycles. The van der Waals surface area contributed by atoms with Gasteiger partial charge in [0.25, 0.3) is 0 Å². The molecule has 0 fully saturated rings. The van der Waals surface area contributed by atoms with Crippen LogP contribution in [0.3, 0.4) is 0 Å². The average Bonchev–Trinajstić information content (AvgIpc) is 2.77. The molecule has 3 aromatic rings. The lowest BCUT2D eigenvalue weighted by atomic mass is 10.1. The smallest absolute Gasteiger partial charge is 0.155 e. The van der Waals surface area contributed by atoms with E-state index in [4.69, 9.17) is 5.73 Å². The summed E-state index contributed by atoms with van der Waals surface area (Å²) in [6.07, 6.45) is 1.76. The van der Waals surface area contributed by atoms with E-state index in [-0.39, 0.29) is 0 Å².